The molecule has 2 heterocycles. The Bertz CT molecular complexity index is 2420. The van der Waals surface area contributed by atoms with Crippen LogP contribution in [0, 0.1) is 6.92 Å². The summed E-state index contributed by atoms with van der Waals surface area (Å²) in [5.41, 5.74) is 22.7. The molecule has 216 valence electrons. The molecule has 2 aliphatic heterocycles. The van der Waals surface area contributed by atoms with Crippen molar-refractivity contribution in [2.45, 2.75) is 45.4 Å². The summed E-state index contributed by atoms with van der Waals surface area (Å²) in [7, 11) is 0. The molecule has 0 saturated carbocycles. The van der Waals surface area contributed by atoms with E-state index in [0.29, 0.717) is 0 Å². The minimum atomic E-state index is -0.0541. The van der Waals surface area contributed by atoms with E-state index in [2.05, 4.69) is 144 Å². The number of fused-ring (bicyclic) bond motifs is 12. The Morgan fingerprint density at radius 2 is 0.891 bits per heavy atom. The average Bonchev–Trinajstić information content (AvgIpc) is 3.44. The van der Waals surface area contributed by atoms with Crippen LogP contribution in [0.5, 0.6) is 0 Å². The molecule has 7 aromatic rings. The highest BCUT2D eigenvalue weighted by molar-refractivity contribution is 7.01. The zero-order valence-electron chi connectivity index (χ0n) is 27.0. The van der Waals surface area contributed by atoms with Gasteiger partial charge in [-0.25, -0.2) is 0 Å². The highest BCUT2D eigenvalue weighted by Gasteiger charge is 2.44. The van der Waals surface area contributed by atoms with Gasteiger partial charge in [0.05, 0.1) is 0 Å². The Morgan fingerprint density at radius 3 is 1.37 bits per heavy atom. The van der Waals surface area contributed by atoms with Gasteiger partial charge in [0, 0.05) is 10.8 Å². The van der Waals surface area contributed by atoms with Crippen LogP contribution in [-0.4, -0.2) is 6.71 Å². The zero-order valence-corrected chi connectivity index (χ0v) is 27.0. The summed E-state index contributed by atoms with van der Waals surface area (Å²) in [5.74, 6) is 0. The molecule has 0 nitrogen and oxygen atoms in total. The Kier molecular flexibility index (Phi) is 4.36. The molecule has 0 amide bonds. The van der Waals surface area contributed by atoms with Crippen molar-refractivity contribution in [2.24, 2.45) is 0 Å². The second-order valence-corrected chi connectivity index (χ2v) is 15.3. The molecule has 0 spiro atoms. The summed E-state index contributed by atoms with van der Waals surface area (Å²) in [6.45, 7) is 12.2. The molecule has 0 fully saturated rings. The van der Waals surface area contributed by atoms with Crippen LogP contribution in [0.25, 0.3) is 66.1 Å². The standard InChI is InChI=1S/C45H33B/c1-24-20-33-29-22-31-25-12-6-8-16-35(25)44(2,3)41(31)27-14-10-18-37(39(27)29)46-38-19-11-15-28-40(38)30(34(21-24)43(33)46)23-32-26-13-7-9-17-36(26)45(4,5)42(28)32/h6-23H,1-5H3. The number of benzene rings is 7. The molecule has 46 heavy (non-hydrogen) atoms. The molecule has 0 N–H and O–H groups in total. The largest absolute Gasteiger partial charge is 0.244 e. The summed E-state index contributed by atoms with van der Waals surface area (Å²) < 4.78 is 0. The topological polar surface area (TPSA) is 0 Å². The molecule has 0 unspecified atom stereocenters. The van der Waals surface area contributed by atoms with Crippen molar-refractivity contribution < 1.29 is 0 Å². The smallest absolute Gasteiger partial charge is 0.0663 e. The summed E-state index contributed by atoms with van der Waals surface area (Å²) in [6, 6.07) is 42.6. The van der Waals surface area contributed by atoms with Crippen LogP contribution in [-0.2, 0) is 10.8 Å². The maximum Gasteiger partial charge on any atom is 0.244 e. The molecule has 0 aromatic heterocycles. The molecule has 0 atom stereocenters. The molecule has 0 bridgehead atoms. The van der Waals surface area contributed by atoms with E-state index < -0.39 is 0 Å². The Hall–Kier alpha value is -4.88. The van der Waals surface area contributed by atoms with E-state index in [1.165, 1.54) is 110 Å². The first kappa shape index (κ1) is 25.3. The van der Waals surface area contributed by atoms with Gasteiger partial charge in [0.15, 0.2) is 0 Å². The van der Waals surface area contributed by atoms with Gasteiger partial charge in [-0.05, 0) is 113 Å². The van der Waals surface area contributed by atoms with Crippen molar-refractivity contribution in [1.29, 1.82) is 0 Å². The van der Waals surface area contributed by atoms with Crippen LogP contribution in [0.1, 0.15) is 55.5 Å². The quantitative estimate of drug-likeness (QED) is 0.156. The Labute approximate surface area is 270 Å². The lowest BCUT2D eigenvalue weighted by atomic mass is 9.31. The van der Waals surface area contributed by atoms with Gasteiger partial charge >= 0.3 is 0 Å². The van der Waals surface area contributed by atoms with Gasteiger partial charge in [0.2, 0.25) is 6.71 Å². The van der Waals surface area contributed by atoms with Crippen molar-refractivity contribution in [2.75, 3.05) is 0 Å². The van der Waals surface area contributed by atoms with E-state index in [9.17, 15) is 0 Å². The van der Waals surface area contributed by atoms with Gasteiger partial charge in [-0.3, -0.25) is 0 Å². The fourth-order valence-corrected chi connectivity index (χ4v) is 10.5. The van der Waals surface area contributed by atoms with Crippen molar-refractivity contribution in [1.82, 2.24) is 0 Å². The van der Waals surface area contributed by atoms with Gasteiger partial charge in [0.1, 0.15) is 0 Å². The lowest BCUT2D eigenvalue weighted by molar-refractivity contribution is 0.666. The predicted molar refractivity (Wildman–Crippen MR) is 197 cm³/mol. The van der Waals surface area contributed by atoms with E-state index in [-0.39, 0.29) is 17.5 Å². The van der Waals surface area contributed by atoms with Crippen molar-refractivity contribution in [3.05, 3.63) is 137 Å². The fraction of sp³-hybridized carbons (Fsp3) is 0.156. The third-order valence-electron chi connectivity index (χ3n) is 12.2. The van der Waals surface area contributed by atoms with Crippen molar-refractivity contribution in [3.63, 3.8) is 0 Å². The van der Waals surface area contributed by atoms with Gasteiger partial charge < -0.3 is 0 Å². The fourth-order valence-electron chi connectivity index (χ4n) is 10.5. The maximum absolute atomic E-state index is 2.55. The second kappa shape index (κ2) is 7.91. The van der Waals surface area contributed by atoms with E-state index in [1.54, 1.807) is 0 Å². The SMILES string of the molecule is Cc1cc2c3c(c1)-c1cc4c(c5cccc(c15)B3c1cccc3c5c(cc-2c13)-c1ccccc1C5(C)C)C(C)(C)c1ccccc1-4. The molecule has 11 rings (SSSR count). The molecular weight excluding hydrogens is 551 g/mol. The molecule has 7 aromatic carbocycles. The molecular formula is C45H33B. The minimum Gasteiger partial charge on any atom is -0.0663 e. The lowest BCUT2D eigenvalue weighted by Crippen LogP contribution is -2.57. The second-order valence-electron chi connectivity index (χ2n) is 15.3. The van der Waals surface area contributed by atoms with Crippen LogP contribution < -0.4 is 16.4 Å². The summed E-state index contributed by atoms with van der Waals surface area (Å²) in [6.07, 6.45) is 0. The first-order chi connectivity index (χ1) is 22.3. The highest BCUT2D eigenvalue weighted by Crippen LogP contribution is 2.56. The maximum atomic E-state index is 2.55. The van der Waals surface area contributed by atoms with Crippen LogP contribution >= 0.6 is 0 Å². The van der Waals surface area contributed by atoms with Gasteiger partial charge in [-0.1, -0.05) is 141 Å². The first-order valence-corrected chi connectivity index (χ1v) is 16.8. The molecule has 1 heteroatoms. The predicted octanol–water partition coefficient (Wildman–Crippen LogP) is 9.39. The van der Waals surface area contributed by atoms with E-state index in [0.717, 1.165) is 0 Å². The minimum absolute atomic E-state index is 0.0541. The van der Waals surface area contributed by atoms with Gasteiger partial charge in [0.25, 0.3) is 0 Å². The third-order valence-corrected chi connectivity index (χ3v) is 12.2. The molecule has 4 aliphatic rings. The van der Waals surface area contributed by atoms with Crippen molar-refractivity contribution >= 4 is 44.6 Å². The van der Waals surface area contributed by atoms with Gasteiger partial charge in [-0.15, -0.1) is 0 Å². The number of hydrogen-bond donors (Lipinski definition) is 0. The highest BCUT2D eigenvalue weighted by atomic mass is 14.4. The van der Waals surface area contributed by atoms with E-state index in [4.69, 9.17) is 0 Å². The normalized spacial score (nSPS) is 16.2. The average molecular weight is 585 g/mol. The molecule has 2 aliphatic carbocycles. The first-order valence-electron chi connectivity index (χ1n) is 16.8. The number of hydrogen-bond acceptors (Lipinski definition) is 0. The van der Waals surface area contributed by atoms with Crippen LogP contribution in [0.3, 0.4) is 0 Å². The van der Waals surface area contributed by atoms with Crippen molar-refractivity contribution in [3.8, 4) is 44.5 Å². The van der Waals surface area contributed by atoms with E-state index >= 15 is 0 Å². The van der Waals surface area contributed by atoms with Gasteiger partial charge in [-0.2, -0.15) is 0 Å². The molecule has 0 saturated heterocycles. The Morgan fingerprint density at radius 1 is 0.435 bits per heavy atom. The lowest BCUT2D eigenvalue weighted by Gasteiger charge is -2.36. The molecule has 0 radical (unpaired) electrons. The van der Waals surface area contributed by atoms with Crippen LogP contribution in [0.15, 0.2) is 109 Å². The van der Waals surface area contributed by atoms with Crippen LogP contribution in [0.2, 0.25) is 0 Å². The summed E-state index contributed by atoms with van der Waals surface area (Å²) >= 11 is 0. The monoisotopic (exact) mass is 584 g/mol. The Balaban J connectivity index is 1.31. The van der Waals surface area contributed by atoms with Crippen LogP contribution in [0.4, 0.5) is 0 Å². The number of aryl methyl sites for hydroxylation is 1. The number of rotatable bonds is 0. The van der Waals surface area contributed by atoms with E-state index in [1.807, 2.05) is 0 Å². The zero-order chi connectivity index (χ0) is 30.9. The summed E-state index contributed by atoms with van der Waals surface area (Å²) in [5, 5.41) is 5.74. The third kappa shape index (κ3) is 2.70. The summed E-state index contributed by atoms with van der Waals surface area (Å²) in [4.78, 5) is 0.